The van der Waals surface area contributed by atoms with Crippen LogP contribution in [0.1, 0.15) is 50.9 Å². The van der Waals surface area contributed by atoms with Gasteiger partial charge in [0.1, 0.15) is 23.5 Å². The molecule has 4 heterocycles. The summed E-state index contributed by atoms with van der Waals surface area (Å²) < 4.78 is 28.4. The summed E-state index contributed by atoms with van der Waals surface area (Å²) >= 11 is 0. The highest BCUT2D eigenvalue weighted by atomic mass is 19.1. The van der Waals surface area contributed by atoms with Crippen LogP contribution in [-0.4, -0.2) is 56.8 Å². The summed E-state index contributed by atoms with van der Waals surface area (Å²) in [4.78, 5) is 15.6. The Morgan fingerprint density at radius 1 is 1.18 bits per heavy atom. The summed E-state index contributed by atoms with van der Waals surface area (Å²) in [6, 6.07) is 6.39. The highest BCUT2D eigenvalue weighted by Crippen LogP contribution is 2.36. The van der Waals surface area contributed by atoms with Crippen molar-refractivity contribution in [3.05, 3.63) is 41.0 Å². The number of nitrogens with two attached hydrogens (primary N) is 1. The molecule has 2 N–H and O–H groups in total. The van der Waals surface area contributed by atoms with Gasteiger partial charge in [0.25, 0.3) is 0 Å². The quantitative estimate of drug-likeness (QED) is 0.586. The number of hydrogen-bond donors (Lipinski definition) is 1. The summed E-state index contributed by atoms with van der Waals surface area (Å²) in [6.45, 7) is 4.18. The largest absolute Gasteiger partial charge is 0.490 e. The lowest BCUT2D eigenvalue weighted by Gasteiger charge is -2.36. The van der Waals surface area contributed by atoms with E-state index in [1.54, 1.807) is 6.07 Å². The third-order valence-electron chi connectivity index (χ3n) is 6.94. The second-order valence-corrected chi connectivity index (χ2v) is 9.56. The summed E-state index contributed by atoms with van der Waals surface area (Å²) in [5.41, 5.74) is 8.61. The third kappa shape index (κ3) is 4.20. The minimum atomic E-state index is -0.326. The van der Waals surface area contributed by atoms with Crippen LogP contribution in [0.15, 0.2) is 23.8 Å². The summed E-state index contributed by atoms with van der Waals surface area (Å²) in [6.07, 6.45) is 6.48. The number of nitrogens with zero attached hydrogens (tertiary/aromatic N) is 5. The average Bonchev–Trinajstić information content (AvgIpc) is 3.20. The molecule has 2 aliphatic rings. The molecule has 2 aromatic heterocycles. The zero-order valence-corrected chi connectivity index (χ0v) is 20.1. The molecule has 0 aliphatic carbocycles. The number of anilines is 1. The van der Waals surface area contributed by atoms with Gasteiger partial charge < -0.3 is 24.7 Å². The van der Waals surface area contributed by atoms with Crippen LogP contribution in [0.25, 0.3) is 17.2 Å². The number of imidazole rings is 1. The van der Waals surface area contributed by atoms with Gasteiger partial charge in [-0.3, -0.25) is 0 Å². The van der Waals surface area contributed by atoms with Gasteiger partial charge in [-0.1, -0.05) is 11.6 Å². The van der Waals surface area contributed by atoms with E-state index in [9.17, 15) is 0 Å². The molecule has 3 aromatic rings. The van der Waals surface area contributed by atoms with Crippen molar-refractivity contribution in [2.75, 3.05) is 19.9 Å². The van der Waals surface area contributed by atoms with Crippen molar-refractivity contribution >= 4 is 23.1 Å². The number of piperidine rings is 1. The lowest BCUT2D eigenvalue weighted by Crippen LogP contribution is -2.43. The van der Waals surface area contributed by atoms with Gasteiger partial charge in [-0.05, 0) is 58.7 Å². The van der Waals surface area contributed by atoms with Crippen LogP contribution in [0.3, 0.4) is 0 Å². The molecule has 1 aromatic carbocycles. The molecule has 5 rings (SSSR count). The Morgan fingerprint density at radius 2 is 1.91 bits per heavy atom. The number of aromatic nitrogens is 4. The number of hydrogen-bond acceptors (Lipinski definition) is 7. The first-order valence-corrected chi connectivity index (χ1v) is 11.7. The molecule has 0 saturated carbocycles. The highest BCUT2D eigenvalue weighted by molar-refractivity contribution is 5.84. The van der Waals surface area contributed by atoms with Crippen molar-refractivity contribution in [2.24, 2.45) is 0 Å². The summed E-state index contributed by atoms with van der Waals surface area (Å²) in [5, 5.41) is 0. The first-order valence-electron chi connectivity index (χ1n) is 11.7. The van der Waals surface area contributed by atoms with Crippen LogP contribution in [-0.2, 0) is 6.54 Å². The van der Waals surface area contributed by atoms with Crippen LogP contribution in [0.2, 0.25) is 0 Å². The Bertz CT molecular complexity index is 1240. The average molecular weight is 467 g/mol. The van der Waals surface area contributed by atoms with E-state index in [1.807, 2.05) is 30.6 Å². The number of halogens is 1. The Morgan fingerprint density at radius 3 is 2.56 bits per heavy atom. The third-order valence-corrected chi connectivity index (χ3v) is 6.94. The Labute approximate surface area is 198 Å². The molecule has 2 saturated heterocycles. The van der Waals surface area contributed by atoms with Gasteiger partial charge in [0.2, 0.25) is 0 Å². The molecule has 0 radical (unpaired) electrons. The molecule has 34 heavy (non-hydrogen) atoms. The molecular formula is C25H31FN6O2. The number of ether oxygens (including phenoxy) is 2. The maximum Gasteiger partial charge on any atom is 0.320 e. The molecule has 0 amide bonds. The molecule has 2 atom stereocenters. The molecule has 2 aliphatic heterocycles. The normalized spacial score (nSPS) is 22.2. The lowest BCUT2D eigenvalue weighted by molar-refractivity contribution is 0.0659. The predicted molar refractivity (Wildman–Crippen MR) is 129 cm³/mol. The molecule has 0 spiro atoms. The summed E-state index contributed by atoms with van der Waals surface area (Å²) in [7, 11) is 3.68. The van der Waals surface area contributed by atoms with E-state index >= 15 is 4.39 Å². The number of methoxy groups -OCH3 is 1. The fourth-order valence-electron chi connectivity index (χ4n) is 5.18. The van der Waals surface area contributed by atoms with Crippen LogP contribution < -0.4 is 15.2 Å². The van der Waals surface area contributed by atoms with Gasteiger partial charge in [-0.25, -0.2) is 9.37 Å². The fraction of sp³-hybridized carbons (Fsp3) is 0.480. The number of fused-ring (bicyclic) bond motifs is 3. The van der Waals surface area contributed by atoms with Crippen molar-refractivity contribution < 1.29 is 13.9 Å². The minimum Gasteiger partial charge on any atom is -0.490 e. The first kappa shape index (κ1) is 22.6. The van der Waals surface area contributed by atoms with E-state index < -0.39 is 0 Å². The lowest BCUT2D eigenvalue weighted by atomic mass is 10.0. The zero-order valence-electron chi connectivity index (χ0n) is 20.1. The molecule has 180 valence electrons. The van der Waals surface area contributed by atoms with E-state index in [4.69, 9.17) is 15.2 Å². The topological polar surface area (TPSA) is 91.3 Å². The Kier molecular flexibility index (Phi) is 5.89. The van der Waals surface area contributed by atoms with E-state index in [1.165, 1.54) is 26.0 Å². The van der Waals surface area contributed by atoms with Crippen LogP contribution in [0, 0.1) is 5.82 Å². The van der Waals surface area contributed by atoms with Gasteiger partial charge in [-0.15, -0.1) is 0 Å². The van der Waals surface area contributed by atoms with Crippen LogP contribution in [0.5, 0.6) is 11.8 Å². The van der Waals surface area contributed by atoms with Crippen molar-refractivity contribution in [1.29, 1.82) is 0 Å². The number of allylic oxidation sites excluding steroid dienone is 1. The van der Waals surface area contributed by atoms with E-state index in [0.29, 0.717) is 40.4 Å². The van der Waals surface area contributed by atoms with E-state index in [2.05, 4.69) is 26.9 Å². The van der Waals surface area contributed by atoms with Crippen LogP contribution in [0.4, 0.5) is 10.2 Å². The maximum absolute atomic E-state index is 15.2. The standard InChI is InChI=1S/C25H31FN6O2/c1-14(2)9-21-28-22-23(27)29-25(33-4)30-24(22)32(21)13-15-5-8-18(12-20(15)26)34-19-10-16-6-7-17(11-19)31(16)3/h5,8-9,12,16-17,19H,6-7,10-11,13H2,1-4H3,(H2,27,29,30). The molecular weight excluding hydrogens is 435 g/mol. The SMILES string of the molecule is COc1nc(N)c2nc(C=C(C)C)n(Cc3ccc(OC4CC5CCC(C4)N5C)cc3F)c2n1. The fourth-order valence-corrected chi connectivity index (χ4v) is 5.18. The Hall–Kier alpha value is -3.20. The van der Waals surface area contributed by atoms with Crippen molar-refractivity contribution in [3.63, 3.8) is 0 Å². The molecule has 2 bridgehead atoms. The minimum absolute atomic E-state index is 0.132. The molecule has 9 heteroatoms. The second kappa shape index (κ2) is 8.87. The number of nitrogen functional groups attached to an aromatic ring is 1. The van der Waals surface area contributed by atoms with Crippen molar-refractivity contribution in [3.8, 4) is 11.8 Å². The number of rotatable bonds is 6. The van der Waals surface area contributed by atoms with E-state index in [0.717, 1.165) is 18.4 Å². The first-order chi connectivity index (χ1) is 16.3. The number of benzene rings is 1. The molecule has 2 unspecified atom stereocenters. The zero-order chi connectivity index (χ0) is 24.0. The van der Waals surface area contributed by atoms with Gasteiger partial charge in [0.05, 0.1) is 13.7 Å². The van der Waals surface area contributed by atoms with Gasteiger partial charge in [0, 0.05) is 23.7 Å². The van der Waals surface area contributed by atoms with Gasteiger partial charge in [-0.2, -0.15) is 9.97 Å². The van der Waals surface area contributed by atoms with Gasteiger partial charge >= 0.3 is 6.01 Å². The Balaban J connectivity index is 1.42. The summed E-state index contributed by atoms with van der Waals surface area (Å²) in [5.74, 6) is 1.10. The maximum atomic E-state index is 15.2. The second-order valence-electron chi connectivity index (χ2n) is 9.56. The smallest absolute Gasteiger partial charge is 0.320 e. The molecule has 2 fully saturated rings. The van der Waals surface area contributed by atoms with Crippen LogP contribution >= 0.6 is 0 Å². The molecule has 8 nitrogen and oxygen atoms in total. The monoisotopic (exact) mass is 466 g/mol. The van der Waals surface area contributed by atoms with Gasteiger partial charge in [0.15, 0.2) is 17.0 Å². The van der Waals surface area contributed by atoms with Crippen molar-refractivity contribution in [1.82, 2.24) is 24.4 Å². The van der Waals surface area contributed by atoms with E-state index in [-0.39, 0.29) is 30.3 Å². The highest BCUT2D eigenvalue weighted by Gasteiger charge is 2.39. The predicted octanol–water partition coefficient (Wildman–Crippen LogP) is 4.03. The van der Waals surface area contributed by atoms with Crippen molar-refractivity contribution in [2.45, 2.75) is 64.3 Å².